The average Bonchev–Trinajstić information content (AvgIpc) is 3.00. The van der Waals surface area contributed by atoms with Gasteiger partial charge in [-0.3, -0.25) is 4.79 Å². The van der Waals surface area contributed by atoms with Crippen molar-refractivity contribution in [2.75, 3.05) is 13.1 Å². The zero-order chi connectivity index (χ0) is 17.1. The van der Waals surface area contributed by atoms with E-state index in [0.717, 1.165) is 37.4 Å². The van der Waals surface area contributed by atoms with E-state index in [1.54, 1.807) is 17.1 Å². The quantitative estimate of drug-likeness (QED) is 0.925. The molecule has 0 spiro atoms. The van der Waals surface area contributed by atoms with E-state index >= 15 is 0 Å². The summed E-state index contributed by atoms with van der Waals surface area (Å²) >= 11 is 6.04. The monoisotopic (exact) mass is 346 g/mol. The Labute approximate surface area is 147 Å². The van der Waals surface area contributed by atoms with E-state index in [1.807, 2.05) is 30.1 Å². The number of carbonyl (C=O) groups is 1. The van der Waals surface area contributed by atoms with Crippen LogP contribution in [0.3, 0.4) is 0 Å². The SMILES string of the molecule is Cn1cncc1C(=O)N1CCC(C(N)Cc2cccc(Cl)c2)CC1. The molecule has 0 radical (unpaired) electrons. The molecule has 0 saturated carbocycles. The highest BCUT2D eigenvalue weighted by Gasteiger charge is 2.28. The number of likely N-dealkylation sites (tertiary alicyclic amines) is 1. The van der Waals surface area contributed by atoms with Gasteiger partial charge < -0.3 is 15.2 Å². The Kier molecular flexibility index (Phi) is 5.21. The highest BCUT2D eigenvalue weighted by atomic mass is 35.5. The van der Waals surface area contributed by atoms with Crippen LogP contribution >= 0.6 is 11.6 Å². The average molecular weight is 347 g/mol. The summed E-state index contributed by atoms with van der Waals surface area (Å²) in [7, 11) is 1.84. The molecule has 0 aliphatic carbocycles. The van der Waals surface area contributed by atoms with Gasteiger partial charge in [0.1, 0.15) is 5.69 Å². The Morgan fingerprint density at radius 3 is 2.79 bits per heavy atom. The lowest BCUT2D eigenvalue weighted by atomic mass is 9.86. The van der Waals surface area contributed by atoms with E-state index in [2.05, 4.69) is 11.1 Å². The molecule has 0 bridgehead atoms. The second-order valence-electron chi connectivity index (χ2n) is 6.52. The molecular weight excluding hydrogens is 324 g/mol. The van der Waals surface area contributed by atoms with Gasteiger partial charge in [0.05, 0.1) is 12.5 Å². The summed E-state index contributed by atoms with van der Waals surface area (Å²) in [6, 6.07) is 7.96. The van der Waals surface area contributed by atoms with Crippen LogP contribution in [0, 0.1) is 5.92 Å². The molecule has 1 amide bonds. The Morgan fingerprint density at radius 2 is 2.17 bits per heavy atom. The van der Waals surface area contributed by atoms with E-state index < -0.39 is 0 Å². The summed E-state index contributed by atoms with van der Waals surface area (Å²) in [6.45, 7) is 1.50. The number of carbonyl (C=O) groups excluding carboxylic acids is 1. The number of rotatable bonds is 4. The fourth-order valence-electron chi connectivity index (χ4n) is 3.36. The molecule has 24 heavy (non-hydrogen) atoms. The molecule has 1 atom stereocenters. The summed E-state index contributed by atoms with van der Waals surface area (Å²) in [5.74, 6) is 0.483. The molecule has 2 aromatic rings. The van der Waals surface area contributed by atoms with E-state index in [4.69, 9.17) is 17.3 Å². The first-order chi connectivity index (χ1) is 11.5. The predicted octanol–water partition coefficient (Wildman–Crippen LogP) is 2.50. The standard InChI is InChI=1S/C18H23ClN4O/c1-22-12-21-11-17(22)18(24)23-7-5-14(6-8-23)16(20)10-13-3-2-4-15(19)9-13/h2-4,9,11-12,14,16H,5-8,10,20H2,1H3. The van der Waals surface area contributed by atoms with Crippen molar-refractivity contribution in [1.29, 1.82) is 0 Å². The number of hydrogen-bond donors (Lipinski definition) is 1. The molecule has 2 N–H and O–H groups in total. The number of nitrogens with two attached hydrogens (primary N) is 1. The molecule has 5 nitrogen and oxygen atoms in total. The molecule has 6 heteroatoms. The summed E-state index contributed by atoms with van der Waals surface area (Å²) < 4.78 is 1.76. The van der Waals surface area contributed by atoms with Crippen LogP contribution in [0.4, 0.5) is 0 Å². The Balaban J connectivity index is 1.55. The van der Waals surface area contributed by atoms with Crippen molar-refractivity contribution in [3.63, 3.8) is 0 Å². The van der Waals surface area contributed by atoms with E-state index in [0.29, 0.717) is 11.6 Å². The lowest BCUT2D eigenvalue weighted by Crippen LogP contribution is -2.44. The van der Waals surface area contributed by atoms with Gasteiger partial charge >= 0.3 is 0 Å². The van der Waals surface area contributed by atoms with Crippen molar-refractivity contribution in [2.24, 2.45) is 18.7 Å². The fraction of sp³-hybridized carbons (Fsp3) is 0.444. The minimum atomic E-state index is 0.0527. The molecule has 1 saturated heterocycles. The molecule has 1 aromatic heterocycles. The van der Waals surface area contributed by atoms with Gasteiger partial charge in [-0.15, -0.1) is 0 Å². The highest BCUT2D eigenvalue weighted by Crippen LogP contribution is 2.23. The van der Waals surface area contributed by atoms with Crippen molar-refractivity contribution in [2.45, 2.75) is 25.3 Å². The van der Waals surface area contributed by atoms with Gasteiger partial charge in [0.2, 0.25) is 0 Å². The summed E-state index contributed by atoms with van der Waals surface area (Å²) in [5.41, 5.74) is 8.22. The summed E-state index contributed by atoms with van der Waals surface area (Å²) in [5, 5.41) is 0.747. The molecule has 1 aromatic carbocycles. The van der Waals surface area contributed by atoms with Crippen LogP contribution in [0.25, 0.3) is 0 Å². The maximum absolute atomic E-state index is 12.5. The van der Waals surface area contributed by atoms with Gasteiger partial charge in [0.15, 0.2) is 0 Å². The van der Waals surface area contributed by atoms with Gasteiger partial charge in [0, 0.05) is 31.2 Å². The maximum Gasteiger partial charge on any atom is 0.272 e. The Bertz CT molecular complexity index is 707. The number of amides is 1. The van der Waals surface area contributed by atoms with Crippen molar-refractivity contribution in [3.8, 4) is 0 Å². The molecule has 1 fully saturated rings. The minimum Gasteiger partial charge on any atom is -0.337 e. The van der Waals surface area contributed by atoms with Crippen LogP contribution in [0.5, 0.6) is 0 Å². The lowest BCUT2D eigenvalue weighted by Gasteiger charge is -2.34. The third-order valence-corrected chi connectivity index (χ3v) is 5.06. The first kappa shape index (κ1) is 17.0. The van der Waals surface area contributed by atoms with Crippen LogP contribution in [0.2, 0.25) is 5.02 Å². The Hall–Kier alpha value is -1.85. The Morgan fingerprint density at radius 1 is 1.42 bits per heavy atom. The van der Waals surface area contributed by atoms with Gasteiger partial charge in [-0.2, -0.15) is 0 Å². The van der Waals surface area contributed by atoms with Gasteiger partial charge in [-0.25, -0.2) is 4.98 Å². The lowest BCUT2D eigenvalue weighted by molar-refractivity contribution is 0.0668. The zero-order valence-corrected chi connectivity index (χ0v) is 14.6. The van der Waals surface area contributed by atoms with Gasteiger partial charge in [-0.05, 0) is 42.9 Å². The van der Waals surface area contributed by atoms with E-state index in [1.165, 1.54) is 5.56 Å². The second-order valence-corrected chi connectivity index (χ2v) is 6.95. The molecule has 2 heterocycles. The first-order valence-corrected chi connectivity index (χ1v) is 8.68. The van der Waals surface area contributed by atoms with Crippen molar-refractivity contribution < 1.29 is 4.79 Å². The van der Waals surface area contributed by atoms with E-state index in [9.17, 15) is 4.79 Å². The molecule has 1 aliphatic heterocycles. The molecule has 3 rings (SSSR count). The van der Waals surface area contributed by atoms with Crippen LogP contribution in [-0.4, -0.2) is 39.5 Å². The highest BCUT2D eigenvalue weighted by molar-refractivity contribution is 6.30. The fourth-order valence-corrected chi connectivity index (χ4v) is 3.57. The largest absolute Gasteiger partial charge is 0.337 e. The molecule has 128 valence electrons. The smallest absolute Gasteiger partial charge is 0.272 e. The van der Waals surface area contributed by atoms with Gasteiger partial charge in [-0.1, -0.05) is 23.7 Å². The van der Waals surface area contributed by atoms with E-state index in [-0.39, 0.29) is 11.9 Å². The number of piperidine rings is 1. The number of aryl methyl sites for hydroxylation is 1. The van der Waals surface area contributed by atoms with Crippen LogP contribution in [0.15, 0.2) is 36.8 Å². The number of imidazole rings is 1. The van der Waals surface area contributed by atoms with Crippen molar-refractivity contribution >= 4 is 17.5 Å². The van der Waals surface area contributed by atoms with Crippen molar-refractivity contribution in [3.05, 3.63) is 53.1 Å². The van der Waals surface area contributed by atoms with Crippen molar-refractivity contribution in [1.82, 2.24) is 14.5 Å². The van der Waals surface area contributed by atoms with Gasteiger partial charge in [0.25, 0.3) is 5.91 Å². The number of aromatic nitrogens is 2. The maximum atomic E-state index is 12.5. The third kappa shape index (κ3) is 3.79. The molecule has 1 unspecified atom stereocenters. The van der Waals surface area contributed by atoms with Crippen LogP contribution < -0.4 is 5.73 Å². The van der Waals surface area contributed by atoms with Crippen LogP contribution in [-0.2, 0) is 13.5 Å². The first-order valence-electron chi connectivity index (χ1n) is 8.30. The number of hydrogen-bond acceptors (Lipinski definition) is 3. The molecule has 1 aliphatic rings. The zero-order valence-electron chi connectivity index (χ0n) is 13.9. The second kappa shape index (κ2) is 7.36. The normalized spacial score (nSPS) is 17.0. The number of benzene rings is 1. The summed E-state index contributed by atoms with van der Waals surface area (Å²) in [6.07, 6.45) is 5.97. The van der Waals surface area contributed by atoms with Crippen LogP contribution in [0.1, 0.15) is 28.9 Å². The molecular formula is C18H23ClN4O. The minimum absolute atomic E-state index is 0.0527. The predicted molar refractivity (Wildman–Crippen MR) is 95.0 cm³/mol. The summed E-state index contributed by atoms with van der Waals surface area (Å²) in [4.78, 5) is 18.4. The topological polar surface area (TPSA) is 64.2 Å². The number of halogens is 1. The number of nitrogens with zero attached hydrogens (tertiary/aromatic N) is 3. The third-order valence-electron chi connectivity index (χ3n) is 4.83.